The van der Waals surface area contributed by atoms with Crippen LogP contribution in [-0.2, 0) is 0 Å². The van der Waals surface area contributed by atoms with E-state index >= 15 is 0 Å². The van der Waals surface area contributed by atoms with Crippen molar-refractivity contribution in [2.75, 3.05) is 5.32 Å². The van der Waals surface area contributed by atoms with E-state index in [4.69, 9.17) is 5.11 Å². The summed E-state index contributed by atoms with van der Waals surface area (Å²) in [5.74, 6) is -0.374. The second-order valence-corrected chi connectivity index (χ2v) is 3.75. The molecule has 2 heterocycles. The van der Waals surface area contributed by atoms with Gasteiger partial charge in [-0.25, -0.2) is 4.79 Å². The number of hydrogen-bond donors (Lipinski definition) is 2. The monoisotopic (exact) mass is 256 g/mol. The second kappa shape index (κ2) is 4.33. The summed E-state index contributed by atoms with van der Waals surface area (Å²) in [7, 11) is 0. The first-order valence-electron chi connectivity index (χ1n) is 5.36. The van der Waals surface area contributed by atoms with E-state index < -0.39 is 5.97 Å². The van der Waals surface area contributed by atoms with E-state index in [2.05, 4.69) is 25.8 Å². The number of aromatic carboxylic acids is 1. The number of carboxylic acid groups (broad SMARTS) is 1. The number of carbonyl (C=O) groups is 1. The molecule has 0 saturated carbocycles. The molecule has 0 aliphatic heterocycles. The highest BCUT2D eigenvalue weighted by atomic mass is 16.4. The number of benzene rings is 1. The standard InChI is InChI=1S/C11H8N6O2/c18-11(19)7-1-3-8(4-2-7)13-9-5-12-6-10-14-15-16-17(9)10/h1-6,13H,(H,18,19). The number of fused-ring (bicyclic) bond motifs is 1. The van der Waals surface area contributed by atoms with E-state index in [0.29, 0.717) is 11.5 Å². The summed E-state index contributed by atoms with van der Waals surface area (Å²) < 4.78 is 1.50. The maximum Gasteiger partial charge on any atom is 0.335 e. The summed E-state index contributed by atoms with van der Waals surface area (Å²) in [4.78, 5) is 14.8. The lowest BCUT2D eigenvalue weighted by atomic mass is 10.2. The predicted octanol–water partition coefficient (Wildman–Crippen LogP) is 0.961. The lowest BCUT2D eigenvalue weighted by molar-refractivity contribution is 0.0697. The molecular formula is C11H8N6O2. The predicted molar refractivity (Wildman–Crippen MR) is 65.3 cm³/mol. The van der Waals surface area contributed by atoms with Gasteiger partial charge in [0.1, 0.15) is 0 Å². The Morgan fingerprint density at radius 1 is 1.21 bits per heavy atom. The molecule has 0 unspecified atom stereocenters. The average Bonchev–Trinajstić information content (AvgIpc) is 2.89. The van der Waals surface area contributed by atoms with E-state index in [1.165, 1.54) is 16.6 Å². The van der Waals surface area contributed by atoms with Crippen LogP contribution in [0.25, 0.3) is 5.65 Å². The lowest BCUT2D eigenvalue weighted by Gasteiger charge is -2.06. The van der Waals surface area contributed by atoms with Crippen LogP contribution < -0.4 is 5.32 Å². The van der Waals surface area contributed by atoms with Crippen molar-refractivity contribution in [1.29, 1.82) is 0 Å². The van der Waals surface area contributed by atoms with Gasteiger partial charge in [-0.1, -0.05) is 0 Å². The molecule has 8 nitrogen and oxygen atoms in total. The zero-order valence-electron chi connectivity index (χ0n) is 9.56. The highest BCUT2D eigenvalue weighted by molar-refractivity contribution is 5.88. The Morgan fingerprint density at radius 3 is 2.74 bits per heavy atom. The minimum Gasteiger partial charge on any atom is -0.478 e. The number of nitrogens with zero attached hydrogens (tertiary/aromatic N) is 5. The summed E-state index contributed by atoms with van der Waals surface area (Å²) in [5, 5.41) is 23.0. The quantitative estimate of drug-likeness (QED) is 0.718. The van der Waals surface area contributed by atoms with Crippen molar-refractivity contribution in [3.8, 4) is 0 Å². The molecule has 94 valence electrons. The van der Waals surface area contributed by atoms with E-state index in [-0.39, 0.29) is 5.56 Å². The van der Waals surface area contributed by atoms with Crippen molar-refractivity contribution >= 4 is 23.1 Å². The SMILES string of the molecule is O=C(O)c1ccc(Nc2cncc3nnnn23)cc1. The number of anilines is 2. The van der Waals surface area contributed by atoms with E-state index in [0.717, 1.165) is 5.69 Å². The fourth-order valence-corrected chi connectivity index (χ4v) is 1.60. The Balaban J connectivity index is 1.92. The van der Waals surface area contributed by atoms with Crippen LogP contribution in [0.15, 0.2) is 36.7 Å². The molecule has 3 rings (SSSR count). The molecule has 0 fully saturated rings. The van der Waals surface area contributed by atoms with Crippen LogP contribution in [0.3, 0.4) is 0 Å². The molecular weight excluding hydrogens is 248 g/mol. The molecule has 0 aliphatic rings. The third kappa shape index (κ3) is 2.06. The number of tetrazole rings is 1. The Labute approximate surface area is 106 Å². The molecule has 8 heteroatoms. The number of carboxylic acids is 1. The van der Waals surface area contributed by atoms with Crippen LogP contribution in [0.2, 0.25) is 0 Å². The number of rotatable bonds is 3. The molecule has 0 amide bonds. The fraction of sp³-hybridized carbons (Fsp3) is 0. The van der Waals surface area contributed by atoms with Crippen molar-refractivity contribution < 1.29 is 9.90 Å². The van der Waals surface area contributed by atoms with E-state index in [1.807, 2.05) is 0 Å². The normalized spacial score (nSPS) is 10.5. The van der Waals surface area contributed by atoms with Gasteiger partial charge in [-0.15, -0.1) is 5.10 Å². The Morgan fingerprint density at radius 2 is 2.00 bits per heavy atom. The van der Waals surface area contributed by atoms with Gasteiger partial charge in [0.05, 0.1) is 18.0 Å². The van der Waals surface area contributed by atoms with Gasteiger partial charge in [0.25, 0.3) is 0 Å². The highest BCUT2D eigenvalue weighted by Gasteiger charge is 2.05. The number of nitrogens with one attached hydrogen (secondary N) is 1. The van der Waals surface area contributed by atoms with Gasteiger partial charge in [0.2, 0.25) is 0 Å². The second-order valence-electron chi connectivity index (χ2n) is 3.75. The zero-order chi connectivity index (χ0) is 13.2. The minimum atomic E-state index is -0.962. The number of aromatic nitrogens is 5. The zero-order valence-corrected chi connectivity index (χ0v) is 9.56. The highest BCUT2D eigenvalue weighted by Crippen LogP contribution is 2.16. The molecule has 0 atom stereocenters. The first kappa shape index (κ1) is 11.1. The molecule has 0 bridgehead atoms. The van der Waals surface area contributed by atoms with E-state index in [9.17, 15) is 4.79 Å². The minimum absolute atomic E-state index is 0.226. The molecule has 3 aromatic rings. The van der Waals surface area contributed by atoms with Crippen LogP contribution in [-0.4, -0.2) is 36.1 Å². The summed E-state index contributed by atoms with van der Waals surface area (Å²) in [5.41, 5.74) is 1.46. The van der Waals surface area contributed by atoms with Crippen LogP contribution >= 0.6 is 0 Å². The maximum absolute atomic E-state index is 10.7. The van der Waals surface area contributed by atoms with Gasteiger partial charge in [-0.05, 0) is 34.7 Å². The van der Waals surface area contributed by atoms with Gasteiger partial charge >= 0.3 is 5.97 Å². The van der Waals surface area contributed by atoms with Crippen molar-refractivity contribution in [1.82, 2.24) is 25.0 Å². The molecule has 0 radical (unpaired) electrons. The Kier molecular flexibility index (Phi) is 2.53. The molecule has 2 aromatic heterocycles. The van der Waals surface area contributed by atoms with Crippen LogP contribution in [0.5, 0.6) is 0 Å². The van der Waals surface area contributed by atoms with Crippen LogP contribution in [0.4, 0.5) is 11.5 Å². The summed E-state index contributed by atoms with van der Waals surface area (Å²) in [6.07, 6.45) is 3.12. The topological polar surface area (TPSA) is 105 Å². The average molecular weight is 256 g/mol. The summed E-state index contributed by atoms with van der Waals surface area (Å²) >= 11 is 0. The van der Waals surface area contributed by atoms with Gasteiger partial charge in [-0.3, -0.25) is 4.98 Å². The summed E-state index contributed by atoms with van der Waals surface area (Å²) in [6, 6.07) is 6.34. The van der Waals surface area contributed by atoms with Crippen molar-refractivity contribution in [2.24, 2.45) is 0 Å². The molecule has 0 saturated heterocycles. The van der Waals surface area contributed by atoms with Crippen LogP contribution in [0.1, 0.15) is 10.4 Å². The molecule has 19 heavy (non-hydrogen) atoms. The Bertz CT molecular complexity index is 736. The fourth-order valence-electron chi connectivity index (χ4n) is 1.60. The van der Waals surface area contributed by atoms with Crippen molar-refractivity contribution in [3.05, 3.63) is 42.2 Å². The number of hydrogen-bond acceptors (Lipinski definition) is 6. The van der Waals surface area contributed by atoms with Crippen LogP contribution in [0, 0.1) is 0 Å². The molecule has 0 aliphatic carbocycles. The van der Waals surface area contributed by atoms with Crippen molar-refractivity contribution in [3.63, 3.8) is 0 Å². The maximum atomic E-state index is 10.7. The van der Waals surface area contributed by atoms with Gasteiger partial charge < -0.3 is 10.4 Å². The van der Waals surface area contributed by atoms with Gasteiger partial charge in [0, 0.05) is 5.69 Å². The first-order chi connectivity index (χ1) is 9.24. The van der Waals surface area contributed by atoms with E-state index in [1.54, 1.807) is 24.5 Å². The molecule has 1 aromatic carbocycles. The first-order valence-corrected chi connectivity index (χ1v) is 5.36. The summed E-state index contributed by atoms with van der Waals surface area (Å²) in [6.45, 7) is 0. The third-order valence-corrected chi connectivity index (χ3v) is 2.51. The van der Waals surface area contributed by atoms with Gasteiger partial charge in [-0.2, -0.15) is 4.52 Å². The van der Waals surface area contributed by atoms with Crippen molar-refractivity contribution in [2.45, 2.75) is 0 Å². The molecule has 2 N–H and O–H groups in total. The molecule has 0 spiro atoms. The lowest BCUT2D eigenvalue weighted by Crippen LogP contribution is -2.01. The third-order valence-electron chi connectivity index (χ3n) is 2.51. The Hall–Kier alpha value is -3.03. The van der Waals surface area contributed by atoms with Gasteiger partial charge in [0.15, 0.2) is 11.5 Å². The largest absolute Gasteiger partial charge is 0.478 e. The smallest absolute Gasteiger partial charge is 0.335 e.